The second-order valence-corrected chi connectivity index (χ2v) is 7.00. The van der Waals surface area contributed by atoms with E-state index >= 15 is 0 Å². The highest BCUT2D eigenvalue weighted by Gasteiger charge is 2.22. The van der Waals surface area contributed by atoms with Crippen molar-refractivity contribution >= 4 is 28.3 Å². The van der Waals surface area contributed by atoms with Gasteiger partial charge in [-0.15, -0.1) is 11.3 Å². The molecule has 0 aliphatic rings. The minimum atomic E-state index is -0.551. The Balaban J connectivity index is 2.07. The first-order chi connectivity index (χ1) is 12.2. The van der Waals surface area contributed by atoms with Crippen molar-refractivity contribution in [1.29, 1.82) is 0 Å². The first kappa shape index (κ1) is 19.6. The zero-order valence-electron chi connectivity index (χ0n) is 15.3. The van der Waals surface area contributed by atoms with Crippen molar-refractivity contribution in [2.45, 2.75) is 26.7 Å². The van der Waals surface area contributed by atoms with Crippen molar-refractivity contribution in [1.82, 2.24) is 9.55 Å². The number of anilines is 1. The van der Waals surface area contributed by atoms with Crippen molar-refractivity contribution < 1.29 is 19.1 Å². The first-order valence-corrected chi connectivity index (χ1v) is 8.73. The summed E-state index contributed by atoms with van der Waals surface area (Å²) in [5, 5.41) is 2.86. The van der Waals surface area contributed by atoms with Crippen molar-refractivity contribution in [2.75, 3.05) is 19.0 Å². The molecule has 1 amide bonds. The summed E-state index contributed by atoms with van der Waals surface area (Å²) in [6.45, 7) is 5.29. The highest BCUT2D eigenvalue weighted by Crippen LogP contribution is 2.30. The largest absolute Gasteiger partial charge is 0.478 e. The van der Waals surface area contributed by atoms with Crippen LogP contribution in [0.3, 0.4) is 0 Å². The van der Waals surface area contributed by atoms with Crippen LogP contribution in [0, 0.1) is 6.92 Å². The van der Waals surface area contributed by atoms with Crippen LogP contribution in [0.1, 0.15) is 40.8 Å². The summed E-state index contributed by atoms with van der Waals surface area (Å²) >= 11 is 1.20. The number of aryl methyl sites for hydroxylation is 2. The van der Waals surface area contributed by atoms with Crippen LogP contribution in [0.25, 0.3) is 0 Å². The zero-order chi connectivity index (χ0) is 19.4. The molecule has 0 radical (unpaired) electrons. The normalized spacial score (nSPS) is 10.7. The van der Waals surface area contributed by atoms with Gasteiger partial charge in [-0.05, 0) is 12.8 Å². The fourth-order valence-corrected chi connectivity index (χ4v) is 3.10. The first-order valence-electron chi connectivity index (χ1n) is 7.91. The van der Waals surface area contributed by atoms with Gasteiger partial charge in [0.15, 0.2) is 23.2 Å². The molecular formula is C17H21N3O5S. The third kappa shape index (κ3) is 4.48. The predicted octanol–water partition coefficient (Wildman–Crippen LogP) is 2.08. The lowest BCUT2D eigenvalue weighted by atomic mass is 10.1. The number of thiazole rings is 1. The van der Waals surface area contributed by atoms with Gasteiger partial charge in [-0.2, -0.15) is 0 Å². The number of ether oxygens (including phenoxy) is 2. The average Bonchev–Trinajstić information content (AvgIpc) is 3.00. The van der Waals surface area contributed by atoms with Gasteiger partial charge in [-0.1, -0.05) is 13.8 Å². The topological polar surface area (TPSA) is 99.5 Å². The lowest BCUT2D eigenvalue weighted by Crippen LogP contribution is -2.22. The van der Waals surface area contributed by atoms with Crippen molar-refractivity contribution in [3.8, 4) is 5.75 Å². The molecule has 0 saturated heterocycles. The molecule has 2 rings (SSSR count). The number of carbonyl (C=O) groups is 2. The molecule has 0 saturated carbocycles. The van der Waals surface area contributed by atoms with Gasteiger partial charge in [-0.25, -0.2) is 9.78 Å². The second kappa shape index (κ2) is 8.13. The summed E-state index contributed by atoms with van der Waals surface area (Å²) in [4.78, 5) is 40.6. The molecule has 140 valence electrons. The van der Waals surface area contributed by atoms with Gasteiger partial charge < -0.3 is 14.0 Å². The molecule has 8 nitrogen and oxygen atoms in total. The number of aromatic nitrogens is 2. The van der Waals surface area contributed by atoms with E-state index in [4.69, 9.17) is 9.47 Å². The average molecular weight is 379 g/mol. The number of pyridine rings is 1. The van der Waals surface area contributed by atoms with Crippen molar-refractivity contribution in [3.05, 3.63) is 38.8 Å². The van der Waals surface area contributed by atoms with E-state index < -0.39 is 11.9 Å². The summed E-state index contributed by atoms with van der Waals surface area (Å²) < 4.78 is 11.7. The molecule has 0 unspecified atom stereocenters. The number of nitrogens with one attached hydrogen (secondary N) is 1. The molecule has 0 spiro atoms. The van der Waals surface area contributed by atoms with Crippen molar-refractivity contribution in [3.63, 3.8) is 0 Å². The van der Waals surface area contributed by atoms with E-state index in [1.165, 1.54) is 30.7 Å². The number of carbonyl (C=O) groups excluding carboxylic acids is 2. The smallest absolute Gasteiger partial charge is 0.357 e. The summed E-state index contributed by atoms with van der Waals surface area (Å²) in [5.74, 6) is -0.887. The standard InChI is InChI=1S/C17H21N3O5S/c1-9(2)15-14(16(23)24-5)19-17(26-15)18-13(22)8-25-12-7-20(4)10(3)6-11(12)21/h6-7,9H,8H2,1-5H3,(H,18,19,22). The van der Waals surface area contributed by atoms with Gasteiger partial charge in [0.05, 0.1) is 7.11 Å². The van der Waals surface area contributed by atoms with Gasteiger partial charge in [0.25, 0.3) is 5.91 Å². The number of methoxy groups -OCH3 is 1. The monoisotopic (exact) mass is 379 g/mol. The fraction of sp³-hybridized carbons (Fsp3) is 0.412. The maximum atomic E-state index is 12.1. The second-order valence-electron chi connectivity index (χ2n) is 5.97. The number of esters is 1. The molecule has 1 N–H and O–H groups in total. The van der Waals surface area contributed by atoms with Gasteiger partial charge >= 0.3 is 5.97 Å². The third-order valence-electron chi connectivity index (χ3n) is 3.61. The predicted molar refractivity (Wildman–Crippen MR) is 98.1 cm³/mol. The van der Waals surface area contributed by atoms with Crippen LogP contribution < -0.4 is 15.5 Å². The minimum Gasteiger partial charge on any atom is -0.478 e. The Morgan fingerprint density at radius 2 is 2.08 bits per heavy atom. The summed E-state index contributed by atoms with van der Waals surface area (Å²) in [7, 11) is 3.05. The molecule has 0 aliphatic heterocycles. The highest BCUT2D eigenvalue weighted by atomic mass is 32.1. The number of hydrogen-bond donors (Lipinski definition) is 1. The van der Waals surface area contributed by atoms with Gasteiger partial charge in [-0.3, -0.25) is 14.9 Å². The number of nitrogens with zero attached hydrogens (tertiary/aromatic N) is 2. The summed E-state index contributed by atoms with van der Waals surface area (Å²) in [6.07, 6.45) is 1.53. The summed E-state index contributed by atoms with van der Waals surface area (Å²) in [5.41, 5.74) is 0.681. The Labute approximate surface area is 154 Å². The number of rotatable bonds is 6. The molecule has 2 heterocycles. The SMILES string of the molecule is COC(=O)c1nc(NC(=O)COc2cn(C)c(C)cc2=O)sc1C(C)C. The molecular weight excluding hydrogens is 358 g/mol. The highest BCUT2D eigenvalue weighted by molar-refractivity contribution is 7.16. The molecule has 26 heavy (non-hydrogen) atoms. The summed E-state index contributed by atoms with van der Waals surface area (Å²) in [6, 6.07) is 1.44. The molecule has 9 heteroatoms. The Kier molecular flexibility index (Phi) is 6.14. The molecule has 0 atom stereocenters. The molecule has 2 aromatic rings. The maximum Gasteiger partial charge on any atom is 0.357 e. The van der Waals surface area contributed by atoms with E-state index in [0.29, 0.717) is 0 Å². The Bertz CT molecular complexity index is 885. The van der Waals surface area contributed by atoms with E-state index in [1.54, 1.807) is 18.5 Å². The number of amides is 1. The van der Waals surface area contributed by atoms with Crippen LogP contribution in [0.4, 0.5) is 5.13 Å². The molecule has 0 aliphatic carbocycles. The minimum absolute atomic E-state index is 0.0547. The van der Waals surface area contributed by atoms with Crippen LogP contribution in [0.15, 0.2) is 17.1 Å². The van der Waals surface area contributed by atoms with Crippen molar-refractivity contribution in [2.24, 2.45) is 7.05 Å². The van der Waals surface area contributed by atoms with Crippen LogP contribution in [-0.4, -0.2) is 35.1 Å². The number of hydrogen-bond acceptors (Lipinski definition) is 7. The van der Waals surface area contributed by atoms with E-state index in [2.05, 4.69) is 10.3 Å². The zero-order valence-corrected chi connectivity index (χ0v) is 16.1. The van der Waals surface area contributed by atoms with E-state index in [-0.39, 0.29) is 34.5 Å². The molecule has 0 fully saturated rings. The Hall–Kier alpha value is -2.68. The van der Waals surface area contributed by atoms with E-state index in [9.17, 15) is 14.4 Å². The molecule has 2 aromatic heterocycles. The van der Waals surface area contributed by atoms with Crippen LogP contribution >= 0.6 is 11.3 Å². The lowest BCUT2D eigenvalue weighted by Gasteiger charge is -2.08. The van der Waals surface area contributed by atoms with Crippen LogP contribution in [0.2, 0.25) is 0 Å². The van der Waals surface area contributed by atoms with Gasteiger partial charge in [0.2, 0.25) is 5.43 Å². The maximum absolute atomic E-state index is 12.1. The third-order valence-corrected chi connectivity index (χ3v) is 4.88. The van der Waals surface area contributed by atoms with E-state index in [1.807, 2.05) is 13.8 Å². The van der Waals surface area contributed by atoms with E-state index in [0.717, 1.165) is 10.6 Å². The van der Waals surface area contributed by atoms with Gasteiger partial charge in [0, 0.05) is 29.9 Å². The fourth-order valence-electron chi connectivity index (χ4n) is 2.13. The van der Waals surface area contributed by atoms with Crippen LogP contribution in [0.5, 0.6) is 5.75 Å². The Morgan fingerprint density at radius 3 is 2.69 bits per heavy atom. The Morgan fingerprint density at radius 1 is 1.38 bits per heavy atom. The quantitative estimate of drug-likeness (QED) is 0.772. The van der Waals surface area contributed by atoms with Gasteiger partial charge in [0.1, 0.15) is 0 Å². The molecule has 0 bridgehead atoms. The molecule has 0 aromatic carbocycles. The van der Waals surface area contributed by atoms with Crippen LogP contribution in [-0.2, 0) is 16.6 Å². The lowest BCUT2D eigenvalue weighted by molar-refractivity contribution is -0.118.